The van der Waals surface area contributed by atoms with Crippen molar-refractivity contribution in [2.75, 3.05) is 46.5 Å². The largest absolute Gasteiger partial charge is 0.497 e. The van der Waals surface area contributed by atoms with E-state index in [4.69, 9.17) is 21.1 Å². The zero-order valence-electron chi connectivity index (χ0n) is 18.9. The van der Waals surface area contributed by atoms with Crippen molar-refractivity contribution >= 4 is 34.3 Å². The maximum absolute atomic E-state index is 13.4. The van der Waals surface area contributed by atoms with E-state index in [1.807, 2.05) is 25.1 Å². The molecule has 1 saturated heterocycles. The van der Waals surface area contributed by atoms with Crippen LogP contribution >= 0.6 is 11.6 Å². The number of carbonyl (C=O) groups excluding carboxylic acids is 2. The fraction of sp³-hybridized carbons (Fsp3) is 0.360. The Balaban J connectivity index is 1.58. The highest BCUT2D eigenvalue weighted by atomic mass is 35.5. The summed E-state index contributed by atoms with van der Waals surface area (Å²) >= 11 is 5.99. The molecule has 1 aliphatic rings. The Morgan fingerprint density at radius 3 is 2.55 bits per heavy atom. The van der Waals surface area contributed by atoms with Gasteiger partial charge in [0.2, 0.25) is 5.91 Å². The second kappa shape index (κ2) is 10.4. The van der Waals surface area contributed by atoms with Gasteiger partial charge in [0.05, 0.1) is 32.3 Å². The van der Waals surface area contributed by atoms with E-state index < -0.39 is 0 Å². The van der Waals surface area contributed by atoms with Crippen molar-refractivity contribution in [2.45, 2.75) is 13.3 Å². The van der Waals surface area contributed by atoms with Crippen LogP contribution in [0.25, 0.3) is 10.9 Å². The van der Waals surface area contributed by atoms with Crippen molar-refractivity contribution < 1.29 is 19.1 Å². The van der Waals surface area contributed by atoms with Crippen LogP contribution in [0.5, 0.6) is 5.75 Å². The molecule has 0 radical (unpaired) electrons. The van der Waals surface area contributed by atoms with Gasteiger partial charge in [0.1, 0.15) is 5.75 Å². The Morgan fingerprint density at radius 1 is 1.12 bits per heavy atom. The van der Waals surface area contributed by atoms with Gasteiger partial charge in [0, 0.05) is 47.8 Å². The molecule has 7 nitrogen and oxygen atoms in total. The van der Waals surface area contributed by atoms with E-state index >= 15 is 0 Å². The van der Waals surface area contributed by atoms with Crippen LogP contribution in [0.2, 0.25) is 5.02 Å². The van der Waals surface area contributed by atoms with Gasteiger partial charge in [0.25, 0.3) is 5.91 Å². The lowest BCUT2D eigenvalue weighted by molar-refractivity contribution is -0.120. The quantitative estimate of drug-likeness (QED) is 0.575. The summed E-state index contributed by atoms with van der Waals surface area (Å²) in [7, 11) is 1.60. The van der Waals surface area contributed by atoms with Gasteiger partial charge in [-0.2, -0.15) is 0 Å². The van der Waals surface area contributed by atoms with Crippen molar-refractivity contribution in [2.24, 2.45) is 0 Å². The van der Waals surface area contributed by atoms with E-state index in [2.05, 4.69) is 10.2 Å². The maximum atomic E-state index is 13.4. The molecule has 33 heavy (non-hydrogen) atoms. The lowest BCUT2D eigenvalue weighted by Crippen LogP contribution is -2.41. The summed E-state index contributed by atoms with van der Waals surface area (Å²) < 4.78 is 12.4. The fourth-order valence-electron chi connectivity index (χ4n) is 4.20. The van der Waals surface area contributed by atoms with Crippen molar-refractivity contribution in [3.05, 3.63) is 64.3 Å². The average molecular weight is 470 g/mol. The number of nitrogens with zero attached hydrogens (tertiary/aromatic N) is 2. The minimum absolute atomic E-state index is 0.0767. The minimum Gasteiger partial charge on any atom is -0.497 e. The van der Waals surface area contributed by atoms with E-state index in [0.29, 0.717) is 22.9 Å². The Bertz CT molecular complexity index is 1150. The molecule has 1 aromatic heterocycles. The first-order chi connectivity index (χ1) is 16.0. The molecule has 3 aromatic rings. The summed E-state index contributed by atoms with van der Waals surface area (Å²) in [6.45, 7) is 6.47. The van der Waals surface area contributed by atoms with E-state index in [9.17, 15) is 9.59 Å². The van der Waals surface area contributed by atoms with Crippen LogP contribution in [0.1, 0.15) is 21.6 Å². The molecule has 0 aliphatic carbocycles. The maximum Gasteiger partial charge on any atom is 0.262 e. The lowest BCUT2D eigenvalue weighted by atomic mass is 10.1. The van der Waals surface area contributed by atoms with Gasteiger partial charge in [0.15, 0.2) is 0 Å². The van der Waals surface area contributed by atoms with E-state index in [0.717, 1.165) is 55.0 Å². The molecule has 1 fully saturated rings. The molecule has 0 saturated carbocycles. The monoisotopic (exact) mass is 469 g/mol. The highest BCUT2D eigenvalue weighted by molar-refractivity contribution is 6.30. The summed E-state index contributed by atoms with van der Waals surface area (Å²) in [6.07, 6.45) is 0.180. The molecule has 0 spiro atoms. The number of fused-ring (bicyclic) bond motifs is 1. The Labute approximate surface area is 198 Å². The van der Waals surface area contributed by atoms with Gasteiger partial charge < -0.3 is 14.8 Å². The highest BCUT2D eigenvalue weighted by Crippen LogP contribution is 2.30. The zero-order chi connectivity index (χ0) is 23.4. The number of morpholine rings is 1. The predicted molar refractivity (Wildman–Crippen MR) is 128 cm³/mol. The third kappa shape index (κ3) is 5.21. The van der Waals surface area contributed by atoms with Gasteiger partial charge in [-0.1, -0.05) is 11.6 Å². The first kappa shape index (κ1) is 23.3. The van der Waals surface area contributed by atoms with Crippen LogP contribution in [0.15, 0.2) is 42.5 Å². The number of hydrogen-bond acceptors (Lipinski definition) is 5. The van der Waals surface area contributed by atoms with Crippen LogP contribution in [0.3, 0.4) is 0 Å². The van der Waals surface area contributed by atoms with Crippen LogP contribution in [-0.2, 0) is 16.0 Å². The van der Waals surface area contributed by atoms with Crippen molar-refractivity contribution in [3.63, 3.8) is 0 Å². The second-order valence-corrected chi connectivity index (χ2v) is 8.51. The molecule has 0 unspecified atom stereocenters. The van der Waals surface area contributed by atoms with Gasteiger partial charge in [-0.05, 0) is 55.0 Å². The summed E-state index contributed by atoms with van der Waals surface area (Å²) in [6, 6.07) is 12.4. The second-order valence-electron chi connectivity index (χ2n) is 8.08. The van der Waals surface area contributed by atoms with E-state index in [1.54, 1.807) is 35.9 Å². The Morgan fingerprint density at radius 2 is 1.85 bits per heavy atom. The lowest BCUT2D eigenvalue weighted by Gasteiger charge is -2.26. The standard InChI is InChI=1S/C25H28ClN3O4/c1-17-21(16-24(30)27-9-10-28-11-13-33-14-12-28)22-15-20(32-2)7-8-23(22)29(17)25(31)18-3-5-19(26)6-4-18/h3-8,15H,9-14,16H2,1-2H3,(H,27,30). The number of amides is 1. The number of rotatable bonds is 7. The number of hydrogen-bond donors (Lipinski definition) is 1. The van der Waals surface area contributed by atoms with Crippen LogP contribution < -0.4 is 10.1 Å². The molecule has 4 rings (SSSR count). The minimum atomic E-state index is -0.168. The normalized spacial score (nSPS) is 14.4. The van der Waals surface area contributed by atoms with Gasteiger partial charge in [-0.3, -0.25) is 19.1 Å². The first-order valence-corrected chi connectivity index (χ1v) is 11.4. The van der Waals surface area contributed by atoms with Crippen molar-refractivity contribution in [1.29, 1.82) is 0 Å². The molecule has 0 atom stereocenters. The Kier molecular flexibility index (Phi) is 7.33. The molecule has 1 amide bonds. The summed E-state index contributed by atoms with van der Waals surface area (Å²) in [4.78, 5) is 28.4. The summed E-state index contributed by atoms with van der Waals surface area (Å²) in [5, 5.41) is 4.41. The van der Waals surface area contributed by atoms with Gasteiger partial charge in [-0.25, -0.2) is 0 Å². The van der Waals surface area contributed by atoms with Crippen molar-refractivity contribution in [1.82, 2.24) is 14.8 Å². The predicted octanol–water partition coefficient (Wildman–Crippen LogP) is 3.29. The molecule has 174 valence electrons. The highest BCUT2D eigenvalue weighted by Gasteiger charge is 2.22. The number of ether oxygens (including phenoxy) is 2. The molecule has 1 aliphatic heterocycles. The van der Waals surface area contributed by atoms with Crippen LogP contribution in [-0.4, -0.2) is 67.8 Å². The fourth-order valence-corrected chi connectivity index (χ4v) is 4.32. The van der Waals surface area contributed by atoms with Crippen LogP contribution in [0, 0.1) is 6.92 Å². The number of carbonyl (C=O) groups is 2. The van der Waals surface area contributed by atoms with E-state index in [-0.39, 0.29) is 18.2 Å². The first-order valence-electron chi connectivity index (χ1n) is 11.0. The SMILES string of the molecule is COc1ccc2c(c1)c(CC(=O)NCCN1CCOCC1)c(C)n2C(=O)c1ccc(Cl)cc1. The molecule has 2 aromatic carbocycles. The number of methoxy groups -OCH3 is 1. The number of halogens is 1. The summed E-state index contributed by atoms with van der Waals surface area (Å²) in [5.74, 6) is 0.429. The number of benzene rings is 2. The topological polar surface area (TPSA) is 72.8 Å². The van der Waals surface area contributed by atoms with Gasteiger partial charge in [-0.15, -0.1) is 0 Å². The average Bonchev–Trinajstić information content (AvgIpc) is 3.10. The molecule has 0 bridgehead atoms. The third-order valence-electron chi connectivity index (χ3n) is 6.03. The molecule has 2 heterocycles. The number of nitrogens with one attached hydrogen (secondary N) is 1. The number of aromatic nitrogens is 1. The smallest absolute Gasteiger partial charge is 0.262 e. The molecular formula is C25H28ClN3O4. The van der Waals surface area contributed by atoms with Crippen molar-refractivity contribution in [3.8, 4) is 5.75 Å². The summed E-state index contributed by atoms with van der Waals surface area (Å²) in [5.41, 5.74) is 2.82. The third-order valence-corrected chi connectivity index (χ3v) is 6.28. The van der Waals surface area contributed by atoms with Crippen LogP contribution in [0.4, 0.5) is 0 Å². The van der Waals surface area contributed by atoms with E-state index in [1.165, 1.54) is 0 Å². The van der Waals surface area contributed by atoms with Gasteiger partial charge >= 0.3 is 0 Å². The molecule has 1 N–H and O–H groups in total. The Hall–Kier alpha value is -2.87. The zero-order valence-corrected chi connectivity index (χ0v) is 19.7. The molecule has 8 heteroatoms. The molecular weight excluding hydrogens is 442 g/mol.